The zero-order valence-corrected chi connectivity index (χ0v) is 11.5. The molecule has 0 radical (unpaired) electrons. The Morgan fingerprint density at radius 3 is 2.41 bits per heavy atom. The van der Waals surface area contributed by atoms with Crippen LogP contribution in [0.5, 0.6) is 0 Å². The van der Waals surface area contributed by atoms with Gasteiger partial charge in [-0.05, 0) is 20.8 Å². The summed E-state index contributed by atoms with van der Waals surface area (Å²) in [4.78, 5) is 23.0. The minimum absolute atomic E-state index is 0.0171. The second-order valence-corrected chi connectivity index (χ2v) is 4.95. The van der Waals surface area contributed by atoms with Crippen LogP contribution in [0, 0.1) is 5.92 Å². The zero-order valence-electron chi connectivity index (χ0n) is 10.6. The lowest BCUT2D eigenvalue weighted by atomic mass is 10.1. The summed E-state index contributed by atoms with van der Waals surface area (Å²) in [7, 11) is 0. The largest absolute Gasteiger partial charge is 0.461 e. The van der Waals surface area contributed by atoms with Gasteiger partial charge in [-0.25, -0.2) is 0 Å². The van der Waals surface area contributed by atoms with Gasteiger partial charge in [0.15, 0.2) is 0 Å². The van der Waals surface area contributed by atoms with E-state index in [0.29, 0.717) is 0 Å². The number of hydrogen-bond acceptors (Lipinski definition) is 5. The third-order valence-corrected chi connectivity index (χ3v) is 2.17. The van der Waals surface area contributed by atoms with Crippen LogP contribution in [0.3, 0.4) is 0 Å². The summed E-state index contributed by atoms with van der Waals surface area (Å²) >= 11 is 4.03. The maximum absolute atomic E-state index is 11.5. The van der Waals surface area contributed by atoms with Crippen LogP contribution in [-0.2, 0) is 19.1 Å². The van der Waals surface area contributed by atoms with Crippen molar-refractivity contribution in [2.45, 2.75) is 32.8 Å². The Labute approximate surface area is 108 Å². The first-order valence-electron chi connectivity index (χ1n) is 5.40. The molecule has 0 unspecified atom stereocenters. The molecule has 0 rings (SSSR count). The van der Waals surface area contributed by atoms with Gasteiger partial charge in [-0.15, -0.1) is 0 Å². The highest BCUT2D eigenvalue weighted by atomic mass is 32.1. The Morgan fingerprint density at radius 1 is 1.41 bits per heavy atom. The summed E-state index contributed by atoms with van der Waals surface area (Å²) < 4.78 is 9.99. The van der Waals surface area contributed by atoms with E-state index in [2.05, 4.69) is 19.2 Å². The summed E-state index contributed by atoms with van der Waals surface area (Å²) in [6.45, 7) is 8.90. The highest BCUT2D eigenvalue weighted by molar-refractivity contribution is 7.80. The van der Waals surface area contributed by atoms with Crippen molar-refractivity contribution in [3.63, 3.8) is 0 Å². The van der Waals surface area contributed by atoms with Crippen molar-refractivity contribution < 1.29 is 19.1 Å². The van der Waals surface area contributed by atoms with E-state index in [9.17, 15) is 9.59 Å². The number of thiol groups is 1. The van der Waals surface area contributed by atoms with Crippen molar-refractivity contribution in [3.8, 4) is 0 Å². The van der Waals surface area contributed by atoms with Crippen LogP contribution in [-0.4, -0.2) is 29.9 Å². The van der Waals surface area contributed by atoms with Crippen molar-refractivity contribution >= 4 is 24.6 Å². The zero-order chi connectivity index (χ0) is 13.5. The molecule has 0 aliphatic rings. The number of hydrogen-bond donors (Lipinski definition) is 1. The molecule has 0 saturated carbocycles. The fourth-order valence-electron chi connectivity index (χ4n) is 1.07. The molecular formula is C12H20O4S. The third kappa shape index (κ3) is 7.85. The summed E-state index contributed by atoms with van der Waals surface area (Å²) in [6.07, 6.45) is 1.46. The summed E-state index contributed by atoms with van der Waals surface area (Å²) in [5.41, 5.74) is -0.552. The van der Waals surface area contributed by atoms with Gasteiger partial charge < -0.3 is 9.47 Å². The minimum Gasteiger partial charge on any atom is -0.461 e. The summed E-state index contributed by atoms with van der Waals surface area (Å²) in [5, 5.41) is 0. The molecule has 4 nitrogen and oxygen atoms in total. The molecule has 0 amide bonds. The highest BCUT2D eigenvalue weighted by Crippen LogP contribution is 2.14. The monoisotopic (exact) mass is 260 g/mol. The molecule has 98 valence electrons. The first-order chi connectivity index (χ1) is 7.80. The van der Waals surface area contributed by atoms with E-state index in [4.69, 9.17) is 9.47 Å². The Hall–Kier alpha value is -0.970. The van der Waals surface area contributed by atoms with Crippen LogP contribution in [0.4, 0.5) is 0 Å². The van der Waals surface area contributed by atoms with Crippen molar-refractivity contribution in [2.24, 2.45) is 5.92 Å². The fraction of sp³-hybridized carbons (Fsp3) is 0.667. The Morgan fingerprint density at radius 2 is 2.00 bits per heavy atom. The highest BCUT2D eigenvalue weighted by Gasteiger charge is 2.25. The van der Waals surface area contributed by atoms with Crippen molar-refractivity contribution in [1.82, 2.24) is 0 Å². The van der Waals surface area contributed by atoms with Crippen molar-refractivity contribution in [3.05, 3.63) is 12.7 Å². The van der Waals surface area contributed by atoms with Gasteiger partial charge in [0.05, 0.1) is 12.3 Å². The van der Waals surface area contributed by atoms with Gasteiger partial charge in [0.2, 0.25) is 0 Å². The van der Waals surface area contributed by atoms with Crippen LogP contribution >= 0.6 is 12.6 Å². The van der Waals surface area contributed by atoms with Crippen LogP contribution in [0.1, 0.15) is 27.2 Å². The summed E-state index contributed by atoms with van der Waals surface area (Å²) in [6, 6.07) is 0. The fourth-order valence-corrected chi connectivity index (χ4v) is 1.34. The Kier molecular flexibility index (Phi) is 6.95. The average Bonchev–Trinajstić information content (AvgIpc) is 2.19. The van der Waals surface area contributed by atoms with Crippen LogP contribution in [0.2, 0.25) is 0 Å². The molecule has 17 heavy (non-hydrogen) atoms. The molecule has 0 heterocycles. The van der Waals surface area contributed by atoms with E-state index < -0.39 is 23.5 Å². The molecule has 0 aromatic rings. The number of carbonyl (C=O) groups excluding carboxylic acids is 2. The van der Waals surface area contributed by atoms with E-state index in [-0.39, 0.29) is 18.8 Å². The van der Waals surface area contributed by atoms with Gasteiger partial charge in [0.1, 0.15) is 12.2 Å². The van der Waals surface area contributed by atoms with E-state index in [1.165, 1.54) is 6.08 Å². The van der Waals surface area contributed by atoms with Crippen molar-refractivity contribution in [1.29, 1.82) is 0 Å². The van der Waals surface area contributed by atoms with Crippen LogP contribution in [0.25, 0.3) is 0 Å². The minimum atomic E-state index is -0.576. The lowest BCUT2D eigenvalue weighted by molar-refractivity contribution is -0.160. The van der Waals surface area contributed by atoms with Gasteiger partial charge in [-0.1, -0.05) is 12.7 Å². The normalized spacial score (nSPS) is 12.7. The van der Waals surface area contributed by atoms with Crippen LogP contribution < -0.4 is 0 Å². The van der Waals surface area contributed by atoms with E-state index in [1.807, 2.05) is 0 Å². The maximum Gasteiger partial charge on any atom is 0.310 e. The molecule has 0 aliphatic heterocycles. The Balaban J connectivity index is 4.25. The van der Waals surface area contributed by atoms with Gasteiger partial charge in [0, 0.05) is 5.75 Å². The first-order valence-corrected chi connectivity index (χ1v) is 6.03. The van der Waals surface area contributed by atoms with Crippen molar-refractivity contribution in [2.75, 3.05) is 12.4 Å². The smallest absolute Gasteiger partial charge is 0.310 e. The molecule has 0 N–H and O–H groups in total. The number of carbonyl (C=O) groups is 2. The SMILES string of the molecule is C=CCOC(=O)[C@H](CS)CC(=O)OC(C)(C)C. The third-order valence-electron chi connectivity index (χ3n) is 1.73. The van der Waals surface area contributed by atoms with Gasteiger partial charge in [0.25, 0.3) is 0 Å². The molecule has 5 heteroatoms. The number of rotatable bonds is 6. The predicted molar refractivity (Wildman–Crippen MR) is 69.0 cm³/mol. The summed E-state index contributed by atoms with van der Waals surface area (Å²) in [5.74, 6) is -1.21. The Bertz CT molecular complexity index is 281. The molecule has 0 bridgehead atoms. The molecule has 0 aliphatic carbocycles. The molecule has 1 atom stereocenters. The van der Waals surface area contributed by atoms with Crippen LogP contribution in [0.15, 0.2) is 12.7 Å². The molecule has 0 aromatic carbocycles. The molecule has 0 spiro atoms. The molecule has 0 fully saturated rings. The first kappa shape index (κ1) is 16.0. The van der Waals surface area contributed by atoms with Gasteiger partial charge in [-0.3, -0.25) is 9.59 Å². The second-order valence-electron chi connectivity index (χ2n) is 4.59. The lowest BCUT2D eigenvalue weighted by Crippen LogP contribution is -2.28. The van der Waals surface area contributed by atoms with Gasteiger partial charge in [-0.2, -0.15) is 12.6 Å². The molecule has 0 aromatic heterocycles. The van der Waals surface area contributed by atoms with E-state index >= 15 is 0 Å². The number of esters is 2. The van der Waals surface area contributed by atoms with E-state index in [1.54, 1.807) is 20.8 Å². The lowest BCUT2D eigenvalue weighted by Gasteiger charge is -2.21. The van der Waals surface area contributed by atoms with E-state index in [0.717, 1.165) is 0 Å². The maximum atomic E-state index is 11.5. The number of ether oxygens (including phenoxy) is 2. The molecular weight excluding hydrogens is 240 g/mol. The topological polar surface area (TPSA) is 52.6 Å². The standard InChI is InChI=1S/C12H20O4S/c1-5-6-15-11(14)9(8-17)7-10(13)16-12(2,3)4/h5,9,17H,1,6-8H2,2-4H3/t9-/m0/s1. The quantitative estimate of drug-likeness (QED) is 0.451. The second kappa shape index (κ2) is 7.37. The average molecular weight is 260 g/mol. The van der Waals surface area contributed by atoms with Gasteiger partial charge >= 0.3 is 11.9 Å². The molecule has 0 saturated heterocycles. The predicted octanol–water partition coefficient (Wildman–Crippen LogP) is 1.99.